The Morgan fingerprint density at radius 2 is 1.90 bits per heavy atom. The minimum atomic E-state index is -4.48. The van der Waals surface area contributed by atoms with E-state index in [1.807, 2.05) is 0 Å². The number of methoxy groups -OCH3 is 1. The molecule has 0 heterocycles. The monoisotopic (exact) mass is 458 g/mol. The van der Waals surface area contributed by atoms with Gasteiger partial charge >= 0.3 is 6.18 Å². The fourth-order valence-corrected chi connectivity index (χ4v) is 4.21. The molecule has 31 heavy (non-hydrogen) atoms. The van der Waals surface area contributed by atoms with Crippen molar-refractivity contribution in [1.82, 2.24) is 10.0 Å². The number of carbonyl (C=O) groups is 1. The van der Waals surface area contributed by atoms with E-state index in [2.05, 4.69) is 10.0 Å². The molecular weight excluding hydrogens is 437 g/mol. The molecule has 0 radical (unpaired) electrons. The van der Waals surface area contributed by atoms with Crippen molar-refractivity contribution in [2.24, 2.45) is 0 Å². The van der Waals surface area contributed by atoms with Gasteiger partial charge in [-0.1, -0.05) is 6.07 Å². The van der Waals surface area contributed by atoms with E-state index in [0.29, 0.717) is 0 Å². The number of ether oxygens (including phenoxy) is 2. The Kier molecular flexibility index (Phi) is 6.75. The summed E-state index contributed by atoms with van der Waals surface area (Å²) < 4.78 is 76.1. The smallest absolute Gasteiger partial charge is 0.416 e. The SMILES string of the molecule is COc1ccc(C(=O)NCCOc2cccc(C(F)(F)F)c2)cc1S(=O)(=O)NC1CC1. The molecule has 2 aromatic carbocycles. The second kappa shape index (κ2) is 9.15. The number of carbonyl (C=O) groups excluding carboxylic acids is 1. The van der Waals surface area contributed by atoms with Crippen LogP contribution in [0.4, 0.5) is 13.2 Å². The Morgan fingerprint density at radius 3 is 2.55 bits per heavy atom. The molecule has 0 saturated heterocycles. The lowest BCUT2D eigenvalue weighted by molar-refractivity contribution is -0.137. The van der Waals surface area contributed by atoms with Crippen molar-refractivity contribution in [2.45, 2.75) is 30.0 Å². The zero-order valence-corrected chi connectivity index (χ0v) is 17.3. The minimum Gasteiger partial charge on any atom is -0.495 e. The first-order chi connectivity index (χ1) is 14.6. The Labute approximate surface area is 177 Å². The van der Waals surface area contributed by atoms with Gasteiger partial charge in [-0.05, 0) is 49.2 Å². The number of rotatable bonds is 9. The van der Waals surface area contributed by atoms with Crippen LogP contribution in [0.15, 0.2) is 47.4 Å². The van der Waals surface area contributed by atoms with Crippen LogP contribution >= 0.6 is 0 Å². The van der Waals surface area contributed by atoms with Crippen molar-refractivity contribution in [3.05, 3.63) is 53.6 Å². The molecule has 1 aliphatic carbocycles. The lowest BCUT2D eigenvalue weighted by atomic mass is 10.2. The second-order valence-corrected chi connectivity index (χ2v) is 8.57. The number of nitrogens with one attached hydrogen (secondary N) is 2. The number of alkyl halides is 3. The Balaban J connectivity index is 1.60. The Bertz CT molecular complexity index is 1050. The molecule has 0 unspecified atom stereocenters. The van der Waals surface area contributed by atoms with Gasteiger partial charge in [0.25, 0.3) is 5.91 Å². The molecular formula is C20H21F3N2O5S. The summed E-state index contributed by atoms with van der Waals surface area (Å²) in [6.07, 6.45) is -2.96. The van der Waals surface area contributed by atoms with Gasteiger partial charge in [-0.15, -0.1) is 0 Å². The molecule has 3 rings (SSSR count). The molecule has 2 N–H and O–H groups in total. The van der Waals surface area contributed by atoms with Crippen molar-refractivity contribution in [1.29, 1.82) is 0 Å². The Hall–Kier alpha value is -2.79. The lowest BCUT2D eigenvalue weighted by Gasteiger charge is -2.13. The summed E-state index contributed by atoms with van der Waals surface area (Å²) in [6.45, 7) is -0.0683. The van der Waals surface area contributed by atoms with E-state index in [1.54, 1.807) is 0 Å². The van der Waals surface area contributed by atoms with Gasteiger partial charge in [0, 0.05) is 11.6 Å². The predicted octanol–water partition coefficient (Wildman–Crippen LogP) is 2.96. The van der Waals surface area contributed by atoms with Crippen LogP contribution in [0.3, 0.4) is 0 Å². The molecule has 168 valence electrons. The summed E-state index contributed by atoms with van der Waals surface area (Å²) in [5.74, 6) is -0.427. The van der Waals surface area contributed by atoms with Crippen LogP contribution in [0.1, 0.15) is 28.8 Å². The standard InChI is InChI=1S/C20H21F3N2O5S/c1-29-17-8-5-13(11-18(17)31(27,28)25-15-6-7-15)19(26)24-9-10-30-16-4-2-3-14(12-16)20(21,22)23/h2-5,8,11-12,15,25H,6-7,9-10H2,1H3,(H,24,26). The van der Waals surface area contributed by atoms with Crippen LogP contribution in [0.5, 0.6) is 11.5 Å². The summed E-state index contributed by atoms with van der Waals surface area (Å²) in [5.41, 5.74) is -0.739. The highest BCUT2D eigenvalue weighted by Gasteiger charge is 2.31. The first kappa shape index (κ1) is 22.9. The van der Waals surface area contributed by atoms with E-state index in [9.17, 15) is 26.4 Å². The number of sulfonamides is 1. The largest absolute Gasteiger partial charge is 0.495 e. The van der Waals surface area contributed by atoms with E-state index in [-0.39, 0.29) is 41.2 Å². The molecule has 0 aromatic heterocycles. The number of halogens is 3. The zero-order chi connectivity index (χ0) is 22.6. The van der Waals surface area contributed by atoms with Gasteiger partial charge in [0.05, 0.1) is 19.2 Å². The van der Waals surface area contributed by atoms with Gasteiger partial charge in [0.15, 0.2) is 0 Å². The summed E-state index contributed by atoms with van der Waals surface area (Å²) in [4.78, 5) is 12.2. The van der Waals surface area contributed by atoms with E-state index >= 15 is 0 Å². The van der Waals surface area contributed by atoms with E-state index in [4.69, 9.17) is 9.47 Å². The predicted molar refractivity (Wildman–Crippen MR) is 106 cm³/mol. The van der Waals surface area contributed by atoms with Gasteiger partial charge in [-0.25, -0.2) is 13.1 Å². The average molecular weight is 458 g/mol. The van der Waals surface area contributed by atoms with Crippen LogP contribution in [0.2, 0.25) is 0 Å². The van der Waals surface area contributed by atoms with Crippen LogP contribution in [-0.4, -0.2) is 40.6 Å². The molecule has 0 atom stereocenters. The van der Waals surface area contributed by atoms with Gasteiger partial charge < -0.3 is 14.8 Å². The van der Waals surface area contributed by atoms with Gasteiger partial charge in [0.2, 0.25) is 10.0 Å². The topological polar surface area (TPSA) is 93.7 Å². The lowest BCUT2D eigenvalue weighted by Crippen LogP contribution is -2.29. The van der Waals surface area contributed by atoms with Crippen molar-refractivity contribution in [3.8, 4) is 11.5 Å². The van der Waals surface area contributed by atoms with Gasteiger partial charge in [-0.2, -0.15) is 13.2 Å². The van der Waals surface area contributed by atoms with Crippen LogP contribution in [-0.2, 0) is 16.2 Å². The zero-order valence-electron chi connectivity index (χ0n) is 16.5. The molecule has 0 spiro atoms. The fraction of sp³-hybridized carbons (Fsp3) is 0.350. The second-order valence-electron chi connectivity index (χ2n) is 6.89. The van der Waals surface area contributed by atoms with Crippen molar-refractivity contribution in [3.63, 3.8) is 0 Å². The molecule has 1 aliphatic rings. The third-order valence-corrected chi connectivity index (χ3v) is 5.97. The van der Waals surface area contributed by atoms with Crippen molar-refractivity contribution < 1.29 is 35.9 Å². The summed E-state index contributed by atoms with van der Waals surface area (Å²) >= 11 is 0. The molecule has 1 fully saturated rings. The highest BCUT2D eigenvalue weighted by Crippen LogP contribution is 2.31. The number of hydrogen-bond donors (Lipinski definition) is 2. The fourth-order valence-electron chi connectivity index (χ4n) is 2.71. The average Bonchev–Trinajstić information content (AvgIpc) is 3.53. The molecule has 11 heteroatoms. The number of amides is 1. The number of hydrogen-bond acceptors (Lipinski definition) is 5. The van der Waals surface area contributed by atoms with Crippen molar-refractivity contribution >= 4 is 15.9 Å². The molecule has 0 bridgehead atoms. The maximum atomic E-state index is 12.7. The number of benzene rings is 2. The third-order valence-electron chi connectivity index (χ3n) is 4.43. The molecule has 1 amide bonds. The summed E-state index contributed by atoms with van der Waals surface area (Å²) in [6, 6.07) is 8.31. The molecule has 2 aromatic rings. The van der Waals surface area contributed by atoms with Crippen LogP contribution in [0.25, 0.3) is 0 Å². The van der Waals surface area contributed by atoms with Gasteiger partial charge in [-0.3, -0.25) is 4.79 Å². The van der Waals surface area contributed by atoms with Crippen LogP contribution < -0.4 is 19.5 Å². The van der Waals surface area contributed by atoms with E-state index in [1.165, 1.54) is 37.4 Å². The van der Waals surface area contributed by atoms with Crippen molar-refractivity contribution in [2.75, 3.05) is 20.3 Å². The highest BCUT2D eigenvalue weighted by atomic mass is 32.2. The first-order valence-corrected chi connectivity index (χ1v) is 10.9. The Morgan fingerprint density at radius 1 is 1.16 bits per heavy atom. The summed E-state index contributed by atoms with van der Waals surface area (Å²) in [5, 5.41) is 2.54. The van der Waals surface area contributed by atoms with E-state index < -0.39 is 27.7 Å². The normalized spacial score (nSPS) is 14.2. The minimum absolute atomic E-state index is 0.00349. The molecule has 7 nitrogen and oxygen atoms in total. The summed E-state index contributed by atoms with van der Waals surface area (Å²) in [7, 11) is -2.52. The third kappa shape index (κ3) is 6.11. The maximum absolute atomic E-state index is 12.7. The first-order valence-electron chi connectivity index (χ1n) is 9.39. The van der Waals surface area contributed by atoms with Gasteiger partial charge in [0.1, 0.15) is 23.0 Å². The maximum Gasteiger partial charge on any atom is 0.416 e. The van der Waals surface area contributed by atoms with E-state index in [0.717, 1.165) is 25.0 Å². The van der Waals surface area contributed by atoms with Crippen LogP contribution in [0, 0.1) is 0 Å². The molecule has 1 saturated carbocycles. The molecule has 0 aliphatic heterocycles. The quantitative estimate of drug-likeness (QED) is 0.564. The highest BCUT2D eigenvalue weighted by molar-refractivity contribution is 7.89.